The van der Waals surface area contributed by atoms with Crippen molar-refractivity contribution in [2.75, 3.05) is 19.6 Å². The van der Waals surface area contributed by atoms with Crippen molar-refractivity contribution in [2.45, 2.75) is 73.3 Å². The van der Waals surface area contributed by atoms with Gasteiger partial charge in [0.05, 0.1) is 11.3 Å². The number of hydrogen-bond donors (Lipinski definition) is 2. The highest BCUT2D eigenvalue weighted by Gasteiger charge is 2.18. The fraction of sp³-hybridized carbons (Fsp3) is 0.500. The van der Waals surface area contributed by atoms with Crippen molar-refractivity contribution in [1.29, 1.82) is 0 Å². The smallest absolute Gasteiger partial charge is 0.305 e. The van der Waals surface area contributed by atoms with Crippen LogP contribution in [0.4, 0.5) is 0 Å². The summed E-state index contributed by atoms with van der Waals surface area (Å²) >= 11 is 1.71. The fourth-order valence-electron chi connectivity index (χ4n) is 4.42. The van der Waals surface area contributed by atoms with Gasteiger partial charge in [-0.3, -0.25) is 14.5 Å². The van der Waals surface area contributed by atoms with Crippen LogP contribution < -0.4 is 5.32 Å². The summed E-state index contributed by atoms with van der Waals surface area (Å²) in [7, 11) is 0. The van der Waals surface area contributed by atoms with Gasteiger partial charge in [0.2, 0.25) is 11.7 Å². The van der Waals surface area contributed by atoms with Gasteiger partial charge in [-0.05, 0) is 86.7 Å². The molecule has 0 fully saturated rings. The van der Waals surface area contributed by atoms with Crippen molar-refractivity contribution < 1.29 is 19.2 Å². The Morgan fingerprint density at radius 2 is 1.89 bits per heavy atom. The molecule has 0 aliphatic heterocycles. The number of carboxylic acids is 1. The van der Waals surface area contributed by atoms with Gasteiger partial charge in [-0.15, -0.1) is 11.3 Å². The molecule has 3 rings (SSSR count). The van der Waals surface area contributed by atoms with E-state index in [1.54, 1.807) is 11.3 Å². The Balaban J connectivity index is 1.74. The van der Waals surface area contributed by atoms with E-state index >= 15 is 0 Å². The summed E-state index contributed by atoms with van der Waals surface area (Å²) in [5.74, 6) is 0.0246. The highest BCUT2D eigenvalue weighted by Crippen LogP contribution is 2.33. The van der Waals surface area contributed by atoms with Crippen LogP contribution in [0.15, 0.2) is 22.7 Å². The van der Waals surface area contributed by atoms with E-state index in [0.29, 0.717) is 24.6 Å². The average molecular weight is 527 g/mol. The Hall–Kier alpha value is -3.04. The first-order valence-electron chi connectivity index (χ1n) is 13.0. The van der Waals surface area contributed by atoms with E-state index in [1.165, 1.54) is 10.4 Å². The quantitative estimate of drug-likeness (QED) is 0.289. The van der Waals surface area contributed by atoms with E-state index in [4.69, 9.17) is 14.6 Å². The second kappa shape index (κ2) is 13.5. The molecule has 0 unspecified atom stereocenters. The van der Waals surface area contributed by atoms with Gasteiger partial charge in [-0.1, -0.05) is 25.9 Å². The molecule has 0 radical (unpaired) electrons. The van der Waals surface area contributed by atoms with Crippen molar-refractivity contribution in [3.8, 4) is 22.2 Å². The number of nitrogens with zero attached hydrogens (tertiary/aromatic N) is 3. The minimum atomic E-state index is -0.922. The molecule has 1 amide bonds. The number of aliphatic carboxylic acids is 1. The molecule has 0 bridgehead atoms. The maximum absolute atomic E-state index is 12.1. The predicted molar refractivity (Wildman–Crippen MR) is 147 cm³/mol. The highest BCUT2D eigenvalue weighted by atomic mass is 32.1. The SMILES string of the molecule is CCCN(CC)Cc1sc(-c2nc(-c3cc(C)c(CCC(=O)NCCC(=O)O)c(CC)c3)no2)cc1C. The lowest BCUT2D eigenvalue weighted by Crippen LogP contribution is -2.26. The molecule has 0 saturated carbocycles. The van der Waals surface area contributed by atoms with Crippen LogP contribution in [0.2, 0.25) is 0 Å². The zero-order valence-electron chi connectivity index (χ0n) is 22.5. The monoisotopic (exact) mass is 526 g/mol. The highest BCUT2D eigenvalue weighted by molar-refractivity contribution is 7.15. The number of carboxylic acid groups (broad SMARTS) is 1. The summed E-state index contributed by atoms with van der Waals surface area (Å²) in [4.78, 5) is 32.2. The lowest BCUT2D eigenvalue weighted by Gasteiger charge is -2.18. The van der Waals surface area contributed by atoms with Gasteiger partial charge in [0.25, 0.3) is 5.89 Å². The molecule has 0 saturated heterocycles. The molecule has 0 atom stereocenters. The molecule has 200 valence electrons. The van der Waals surface area contributed by atoms with Crippen molar-refractivity contribution in [3.63, 3.8) is 0 Å². The minimum absolute atomic E-state index is 0.0746. The normalized spacial score (nSPS) is 11.3. The second-order valence-corrected chi connectivity index (χ2v) is 10.4. The van der Waals surface area contributed by atoms with Gasteiger partial charge in [0, 0.05) is 30.0 Å². The number of benzene rings is 1. The topological polar surface area (TPSA) is 109 Å². The molecule has 0 aliphatic rings. The van der Waals surface area contributed by atoms with Crippen LogP contribution in [0.5, 0.6) is 0 Å². The third-order valence-corrected chi connectivity index (χ3v) is 7.69. The molecule has 2 heterocycles. The van der Waals surface area contributed by atoms with Crippen molar-refractivity contribution in [1.82, 2.24) is 20.4 Å². The van der Waals surface area contributed by atoms with Crippen molar-refractivity contribution >= 4 is 23.2 Å². The molecule has 9 heteroatoms. The largest absolute Gasteiger partial charge is 0.481 e. The van der Waals surface area contributed by atoms with Crippen LogP contribution >= 0.6 is 11.3 Å². The number of thiophene rings is 1. The fourth-order valence-corrected chi connectivity index (χ4v) is 5.56. The Bertz CT molecular complexity index is 1220. The zero-order valence-corrected chi connectivity index (χ0v) is 23.3. The molecule has 1 aromatic carbocycles. The zero-order chi connectivity index (χ0) is 26.9. The molecule has 3 aromatic rings. The Labute approximate surface area is 223 Å². The number of carbonyl (C=O) groups excluding carboxylic acids is 1. The first-order valence-corrected chi connectivity index (χ1v) is 13.8. The summed E-state index contributed by atoms with van der Waals surface area (Å²) < 4.78 is 5.67. The molecule has 2 N–H and O–H groups in total. The van der Waals surface area contributed by atoms with E-state index in [2.05, 4.69) is 55.2 Å². The van der Waals surface area contributed by atoms with Gasteiger partial charge in [0.15, 0.2) is 0 Å². The summed E-state index contributed by atoms with van der Waals surface area (Å²) in [6, 6.07) is 6.25. The predicted octanol–water partition coefficient (Wildman–Crippen LogP) is 5.40. The Morgan fingerprint density at radius 1 is 1.11 bits per heavy atom. The van der Waals surface area contributed by atoms with E-state index in [9.17, 15) is 9.59 Å². The number of aryl methyl sites for hydroxylation is 3. The molecule has 0 spiro atoms. The number of nitrogens with one attached hydrogen (secondary N) is 1. The molecule has 0 aliphatic carbocycles. The number of rotatable bonds is 14. The lowest BCUT2D eigenvalue weighted by molar-refractivity contribution is -0.136. The van der Waals surface area contributed by atoms with E-state index in [-0.39, 0.29) is 18.9 Å². The number of amides is 1. The standard InChI is InChI=1S/C28H38N4O4S/c1-6-13-32(8-3)17-24-19(5)15-23(37-24)28-30-27(31-36-28)21-14-18(4)22(20(7-2)16-21)9-10-25(33)29-12-11-26(34)35/h14-16H,6-13,17H2,1-5H3,(H,29,33)(H,34,35). The number of aromatic nitrogens is 2. The van der Waals surface area contributed by atoms with Crippen LogP contribution in [0, 0.1) is 13.8 Å². The van der Waals surface area contributed by atoms with Crippen LogP contribution in [-0.4, -0.2) is 51.7 Å². The lowest BCUT2D eigenvalue weighted by atomic mass is 9.93. The first kappa shape index (κ1) is 28.5. The van der Waals surface area contributed by atoms with E-state index in [1.807, 2.05) is 13.0 Å². The molecular weight excluding hydrogens is 488 g/mol. The minimum Gasteiger partial charge on any atom is -0.481 e. The van der Waals surface area contributed by atoms with Gasteiger partial charge < -0.3 is 14.9 Å². The Kier molecular flexibility index (Phi) is 10.4. The first-order chi connectivity index (χ1) is 17.7. The van der Waals surface area contributed by atoms with Crippen molar-refractivity contribution in [3.05, 3.63) is 45.3 Å². The molecule has 2 aromatic heterocycles. The average Bonchev–Trinajstić information content (AvgIpc) is 3.49. The molecule has 37 heavy (non-hydrogen) atoms. The second-order valence-electron chi connectivity index (χ2n) is 9.29. The Morgan fingerprint density at radius 3 is 2.57 bits per heavy atom. The summed E-state index contributed by atoms with van der Waals surface area (Å²) in [5.41, 5.74) is 5.49. The van der Waals surface area contributed by atoms with Gasteiger partial charge in [-0.2, -0.15) is 4.98 Å². The van der Waals surface area contributed by atoms with E-state index < -0.39 is 5.97 Å². The van der Waals surface area contributed by atoms with Crippen LogP contribution in [0.3, 0.4) is 0 Å². The van der Waals surface area contributed by atoms with Gasteiger partial charge in [0.1, 0.15) is 0 Å². The maximum Gasteiger partial charge on any atom is 0.305 e. The summed E-state index contributed by atoms with van der Waals surface area (Å²) in [5, 5.41) is 15.7. The number of hydrogen-bond acceptors (Lipinski definition) is 7. The van der Waals surface area contributed by atoms with Crippen LogP contribution in [0.1, 0.15) is 67.2 Å². The third kappa shape index (κ3) is 7.72. The number of carbonyl (C=O) groups is 2. The summed E-state index contributed by atoms with van der Waals surface area (Å²) in [6.45, 7) is 13.8. The summed E-state index contributed by atoms with van der Waals surface area (Å²) in [6.07, 6.45) is 2.78. The van der Waals surface area contributed by atoms with Gasteiger partial charge in [-0.25, -0.2) is 0 Å². The maximum atomic E-state index is 12.1. The van der Waals surface area contributed by atoms with Crippen LogP contribution in [0.25, 0.3) is 22.2 Å². The molecule has 8 nitrogen and oxygen atoms in total. The van der Waals surface area contributed by atoms with Crippen LogP contribution in [-0.2, 0) is 29.0 Å². The van der Waals surface area contributed by atoms with Gasteiger partial charge >= 0.3 is 5.97 Å². The van der Waals surface area contributed by atoms with E-state index in [0.717, 1.165) is 59.6 Å². The third-order valence-electron chi connectivity index (χ3n) is 6.48. The molecular formula is C28H38N4O4S. The van der Waals surface area contributed by atoms with Crippen molar-refractivity contribution in [2.24, 2.45) is 0 Å².